The number of rotatable bonds is 2. The molecule has 0 spiro atoms. The van der Waals surface area contributed by atoms with E-state index < -0.39 is 0 Å². The highest BCUT2D eigenvalue weighted by atomic mass is 15.2. The Morgan fingerprint density at radius 2 is 1.79 bits per heavy atom. The zero-order valence-corrected chi connectivity index (χ0v) is 10.2. The minimum absolute atomic E-state index is 0.744. The molecule has 1 saturated heterocycles. The van der Waals surface area contributed by atoms with Crippen LogP contribution in [-0.4, -0.2) is 23.5 Å². The lowest BCUT2D eigenvalue weighted by molar-refractivity contribution is 0.138. The topological polar surface area (TPSA) is 3.24 Å². The Bertz CT molecular complexity index is 197. The maximum Gasteiger partial charge on any atom is 0.0152 e. The molecule has 0 bridgehead atoms. The minimum Gasteiger partial charge on any atom is -0.297 e. The minimum atomic E-state index is 0.744. The van der Waals surface area contributed by atoms with Gasteiger partial charge in [0.25, 0.3) is 0 Å². The molecular formula is C13H25N. The first-order chi connectivity index (χ1) is 6.61. The van der Waals surface area contributed by atoms with Crippen LogP contribution in [-0.2, 0) is 0 Å². The lowest BCUT2D eigenvalue weighted by atomic mass is 9.87. The Morgan fingerprint density at radius 3 is 2.36 bits per heavy atom. The highest BCUT2D eigenvalue weighted by molar-refractivity contribution is 4.98. The normalized spacial score (nSPS) is 38.6. The maximum absolute atomic E-state index is 2.76. The van der Waals surface area contributed by atoms with Gasteiger partial charge in [-0.3, -0.25) is 4.90 Å². The third-order valence-electron chi connectivity index (χ3n) is 4.33. The van der Waals surface area contributed by atoms with E-state index in [1.807, 2.05) is 0 Å². The van der Waals surface area contributed by atoms with Crippen molar-refractivity contribution in [2.75, 3.05) is 6.54 Å². The van der Waals surface area contributed by atoms with Crippen LogP contribution >= 0.6 is 0 Å². The van der Waals surface area contributed by atoms with Crippen LogP contribution in [0.3, 0.4) is 0 Å². The van der Waals surface area contributed by atoms with E-state index in [9.17, 15) is 0 Å². The monoisotopic (exact) mass is 195 g/mol. The molecule has 1 heterocycles. The van der Waals surface area contributed by atoms with Gasteiger partial charge in [-0.25, -0.2) is 0 Å². The van der Waals surface area contributed by atoms with E-state index in [4.69, 9.17) is 0 Å². The van der Waals surface area contributed by atoms with Crippen molar-refractivity contribution in [2.24, 2.45) is 17.8 Å². The second kappa shape index (κ2) is 3.84. The van der Waals surface area contributed by atoms with Crippen molar-refractivity contribution in [1.82, 2.24) is 4.90 Å². The van der Waals surface area contributed by atoms with Crippen LogP contribution in [0.15, 0.2) is 0 Å². The third-order valence-corrected chi connectivity index (χ3v) is 4.33. The van der Waals surface area contributed by atoms with Crippen LogP contribution in [0.4, 0.5) is 0 Å². The van der Waals surface area contributed by atoms with Gasteiger partial charge in [0.1, 0.15) is 0 Å². The van der Waals surface area contributed by atoms with Gasteiger partial charge in [-0.15, -0.1) is 0 Å². The van der Waals surface area contributed by atoms with Crippen LogP contribution in [0.2, 0.25) is 0 Å². The molecule has 0 radical (unpaired) electrons. The summed E-state index contributed by atoms with van der Waals surface area (Å²) in [5.41, 5.74) is 0. The van der Waals surface area contributed by atoms with E-state index >= 15 is 0 Å². The van der Waals surface area contributed by atoms with Crippen LogP contribution in [0, 0.1) is 17.8 Å². The SMILES string of the molecule is CC(C)C1C2CCCC2CN1C(C)C. The zero-order valence-electron chi connectivity index (χ0n) is 10.2. The first kappa shape index (κ1) is 10.5. The summed E-state index contributed by atoms with van der Waals surface area (Å²) in [5.74, 6) is 2.90. The van der Waals surface area contributed by atoms with Gasteiger partial charge in [0, 0.05) is 18.6 Å². The van der Waals surface area contributed by atoms with Gasteiger partial charge >= 0.3 is 0 Å². The standard InChI is InChI=1S/C13H25N/c1-9(2)13-12-7-5-6-11(12)8-14(13)10(3)4/h9-13H,5-8H2,1-4H3. The Kier molecular flexibility index (Phi) is 2.88. The van der Waals surface area contributed by atoms with Crippen molar-refractivity contribution >= 4 is 0 Å². The molecule has 1 aliphatic heterocycles. The molecule has 14 heavy (non-hydrogen) atoms. The van der Waals surface area contributed by atoms with Crippen LogP contribution in [0.25, 0.3) is 0 Å². The second-order valence-corrected chi connectivity index (χ2v) is 5.88. The summed E-state index contributed by atoms with van der Waals surface area (Å²) in [7, 11) is 0. The lowest BCUT2D eigenvalue weighted by Gasteiger charge is -2.34. The Balaban J connectivity index is 2.13. The van der Waals surface area contributed by atoms with Crippen molar-refractivity contribution in [2.45, 2.75) is 59.0 Å². The molecule has 3 atom stereocenters. The summed E-state index contributed by atoms with van der Waals surface area (Å²) < 4.78 is 0. The van der Waals surface area contributed by atoms with Gasteiger partial charge < -0.3 is 0 Å². The van der Waals surface area contributed by atoms with Gasteiger partial charge in [0.05, 0.1) is 0 Å². The van der Waals surface area contributed by atoms with Gasteiger partial charge in [-0.2, -0.15) is 0 Å². The predicted molar refractivity (Wildman–Crippen MR) is 61.3 cm³/mol. The average molecular weight is 195 g/mol. The molecule has 1 heteroatoms. The zero-order chi connectivity index (χ0) is 10.3. The quantitative estimate of drug-likeness (QED) is 0.654. The molecule has 0 amide bonds. The third kappa shape index (κ3) is 1.60. The highest BCUT2D eigenvalue weighted by Gasteiger charge is 2.45. The summed E-state index contributed by atoms with van der Waals surface area (Å²) in [6, 6.07) is 1.62. The number of hydrogen-bond acceptors (Lipinski definition) is 1. The van der Waals surface area contributed by atoms with Gasteiger partial charge in [-0.1, -0.05) is 20.3 Å². The summed E-state index contributed by atoms with van der Waals surface area (Å²) in [4.78, 5) is 2.76. The average Bonchev–Trinajstić information content (AvgIpc) is 2.58. The number of likely N-dealkylation sites (tertiary alicyclic amines) is 1. The Hall–Kier alpha value is -0.0400. The van der Waals surface area contributed by atoms with E-state index in [1.54, 1.807) is 0 Å². The van der Waals surface area contributed by atoms with E-state index in [-0.39, 0.29) is 0 Å². The summed E-state index contributed by atoms with van der Waals surface area (Å²) >= 11 is 0. The lowest BCUT2D eigenvalue weighted by Crippen LogP contribution is -2.41. The first-order valence-electron chi connectivity index (χ1n) is 6.37. The van der Waals surface area contributed by atoms with Crippen LogP contribution < -0.4 is 0 Å². The number of fused-ring (bicyclic) bond motifs is 1. The van der Waals surface area contributed by atoms with E-state index in [0.717, 1.165) is 29.8 Å². The molecular weight excluding hydrogens is 170 g/mol. The van der Waals surface area contributed by atoms with Gasteiger partial charge in [0.15, 0.2) is 0 Å². The Morgan fingerprint density at radius 1 is 1.07 bits per heavy atom. The van der Waals surface area contributed by atoms with Crippen molar-refractivity contribution in [3.8, 4) is 0 Å². The number of nitrogens with zero attached hydrogens (tertiary/aromatic N) is 1. The van der Waals surface area contributed by atoms with E-state index in [0.29, 0.717) is 0 Å². The number of hydrogen-bond donors (Lipinski definition) is 0. The molecule has 3 unspecified atom stereocenters. The highest BCUT2D eigenvalue weighted by Crippen LogP contribution is 2.45. The van der Waals surface area contributed by atoms with Crippen LogP contribution in [0.5, 0.6) is 0 Å². The Labute approximate surface area is 88.9 Å². The molecule has 0 aromatic rings. The molecule has 0 aromatic heterocycles. The molecule has 0 N–H and O–H groups in total. The van der Waals surface area contributed by atoms with Gasteiger partial charge in [0.2, 0.25) is 0 Å². The summed E-state index contributed by atoms with van der Waals surface area (Å²) in [5, 5.41) is 0. The van der Waals surface area contributed by atoms with Gasteiger partial charge in [-0.05, 0) is 44.4 Å². The second-order valence-electron chi connectivity index (χ2n) is 5.88. The van der Waals surface area contributed by atoms with Crippen molar-refractivity contribution in [3.63, 3.8) is 0 Å². The molecule has 2 rings (SSSR count). The summed E-state index contributed by atoms with van der Waals surface area (Å²) in [6.07, 6.45) is 4.48. The maximum atomic E-state index is 2.76. The largest absolute Gasteiger partial charge is 0.297 e. The van der Waals surface area contributed by atoms with E-state index in [2.05, 4.69) is 32.6 Å². The molecule has 0 aromatic carbocycles. The van der Waals surface area contributed by atoms with Crippen LogP contribution in [0.1, 0.15) is 47.0 Å². The fraction of sp³-hybridized carbons (Fsp3) is 1.00. The predicted octanol–water partition coefficient (Wildman–Crippen LogP) is 3.15. The molecule has 1 aliphatic carbocycles. The molecule has 2 aliphatic rings. The van der Waals surface area contributed by atoms with Crippen molar-refractivity contribution in [3.05, 3.63) is 0 Å². The smallest absolute Gasteiger partial charge is 0.0152 e. The summed E-state index contributed by atoms with van der Waals surface area (Å²) in [6.45, 7) is 10.9. The van der Waals surface area contributed by atoms with Crippen molar-refractivity contribution in [1.29, 1.82) is 0 Å². The molecule has 2 fully saturated rings. The fourth-order valence-corrected chi connectivity index (χ4v) is 3.81. The fourth-order valence-electron chi connectivity index (χ4n) is 3.81. The first-order valence-corrected chi connectivity index (χ1v) is 6.37. The molecule has 1 saturated carbocycles. The molecule has 82 valence electrons. The van der Waals surface area contributed by atoms with E-state index in [1.165, 1.54) is 25.8 Å². The molecule has 1 nitrogen and oxygen atoms in total. The van der Waals surface area contributed by atoms with Crippen molar-refractivity contribution < 1.29 is 0 Å².